The molecule has 3 aromatic rings. The molecule has 37 heavy (non-hydrogen) atoms. The van der Waals surface area contributed by atoms with Gasteiger partial charge in [-0.15, -0.1) is 0 Å². The van der Waals surface area contributed by atoms with Gasteiger partial charge in [-0.05, 0) is 95.3 Å². The molecule has 190 valence electrons. The molecule has 2 amide bonds. The van der Waals surface area contributed by atoms with Gasteiger partial charge in [-0.2, -0.15) is 5.01 Å². The van der Waals surface area contributed by atoms with E-state index in [0.717, 1.165) is 31.5 Å². The zero-order valence-corrected chi connectivity index (χ0v) is 23.8. The molecule has 4 rings (SSSR count). The smallest absolute Gasteiger partial charge is 0.285 e. The Kier molecular flexibility index (Phi) is 9.06. The molecule has 0 aromatic heterocycles. The number of nitrogens with zero attached hydrogens (tertiary/aromatic N) is 1. The van der Waals surface area contributed by atoms with Gasteiger partial charge in [0.05, 0.1) is 22.2 Å². The van der Waals surface area contributed by atoms with Crippen LogP contribution in [0.1, 0.15) is 28.4 Å². The minimum atomic E-state index is -0.451. The Hall–Kier alpha value is -3.09. The Balaban J connectivity index is 1.51. The number of hydrogen-bond acceptors (Lipinski definition) is 7. The summed E-state index contributed by atoms with van der Waals surface area (Å²) in [6.07, 6.45) is 1.73. The predicted molar refractivity (Wildman–Crippen MR) is 157 cm³/mol. The lowest BCUT2D eigenvalue weighted by atomic mass is 10.1. The Labute approximate surface area is 238 Å². The van der Waals surface area contributed by atoms with Crippen LogP contribution in [0.25, 0.3) is 6.08 Å². The second-order valence-corrected chi connectivity index (χ2v) is 10.6. The first kappa shape index (κ1) is 27.0. The summed E-state index contributed by atoms with van der Waals surface area (Å²) in [7, 11) is 1.55. The molecule has 0 saturated carbocycles. The van der Waals surface area contributed by atoms with E-state index in [0.29, 0.717) is 40.9 Å². The van der Waals surface area contributed by atoms with Gasteiger partial charge in [0.15, 0.2) is 15.8 Å². The molecule has 1 heterocycles. The fourth-order valence-electron chi connectivity index (χ4n) is 3.43. The van der Waals surface area contributed by atoms with Crippen molar-refractivity contribution in [2.75, 3.05) is 13.7 Å². The van der Waals surface area contributed by atoms with E-state index >= 15 is 0 Å². The van der Waals surface area contributed by atoms with Crippen molar-refractivity contribution in [1.29, 1.82) is 0 Å². The molecule has 3 aromatic carbocycles. The van der Waals surface area contributed by atoms with Crippen LogP contribution in [0.4, 0.5) is 0 Å². The summed E-state index contributed by atoms with van der Waals surface area (Å²) >= 11 is 8.67. The fourth-order valence-corrected chi connectivity index (χ4v) is 5.39. The van der Waals surface area contributed by atoms with E-state index in [2.05, 4.69) is 28.0 Å². The molecule has 1 saturated heterocycles. The number of benzene rings is 3. The number of hydrogen-bond donors (Lipinski definition) is 1. The summed E-state index contributed by atoms with van der Waals surface area (Å²) in [5, 5.41) is 1.09. The van der Waals surface area contributed by atoms with Crippen molar-refractivity contribution in [1.82, 2.24) is 10.4 Å². The average Bonchev–Trinajstić information content (AvgIpc) is 3.16. The van der Waals surface area contributed by atoms with Crippen LogP contribution in [0.15, 0.2) is 71.6 Å². The Bertz CT molecular complexity index is 1350. The zero-order valence-electron chi connectivity index (χ0n) is 20.0. The summed E-state index contributed by atoms with van der Waals surface area (Å²) in [6.45, 7) is 2.76. The van der Waals surface area contributed by atoms with Gasteiger partial charge in [0.25, 0.3) is 11.8 Å². The van der Waals surface area contributed by atoms with Crippen molar-refractivity contribution in [3.63, 3.8) is 0 Å². The molecule has 1 aliphatic rings. The third kappa shape index (κ3) is 6.62. The van der Waals surface area contributed by atoms with E-state index in [9.17, 15) is 9.59 Å². The lowest BCUT2D eigenvalue weighted by Crippen LogP contribution is -2.44. The van der Waals surface area contributed by atoms with Gasteiger partial charge in [-0.25, -0.2) is 0 Å². The second kappa shape index (κ2) is 12.4. The Morgan fingerprint density at radius 2 is 1.84 bits per heavy atom. The molecular formula is C27H23IN2O5S2. The second-order valence-electron chi connectivity index (χ2n) is 7.72. The maximum absolute atomic E-state index is 13.1. The van der Waals surface area contributed by atoms with Gasteiger partial charge in [-0.3, -0.25) is 15.0 Å². The van der Waals surface area contributed by atoms with Crippen molar-refractivity contribution < 1.29 is 23.8 Å². The van der Waals surface area contributed by atoms with Gasteiger partial charge in [0, 0.05) is 5.56 Å². The molecule has 7 nitrogen and oxygen atoms in total. The topological polar surface area (TPSA) is 77.1 Å². The lowest BCUT2D eigenvalue weighted by molar-refractivity contribution is -0.123. The number of nitrogens with one attached hydrogen (secondary N) is 1. The highest BCUT2D eigenvalue weighted by atomic mass is 127. The number of methoxy groups -OCH3 is 1. The Morgan fingerprint density at radius 1 is 1.11 bits per heavy atom. The molecule has 0 radical (unpaired) electrons. The molecule has 1 N–H and O–H groups in total. The van der Waals surface area contributed by atoms with Gasteiger partial charge in [0.1, 0.15) is 12.4 Å². The van der Waals surface area contributed by atoms with Crippen LogP contribution >= 0.6 is 46.6 Å². The standard InChI is InChI=1S/C27H23IN2O5S2/c1-3-34-22-14-18(13-21(28)24(22)35-16-17-7-5-4-6-8-17)15-23-26(32)30(27(36)37-23)29-25(31)19-9-11-20(33-2)12-10-19/h4-15H,3,16H2,1-2H3,(H,29,31)/b23-15+. The quantitative estimate of drug-likeness (QED) is 0.178. The molecule has 0 atom stereocenters. The van der Waals surface area contributed by atoms with Gasteiger partial charge >= 0.3 is 0 Å². The lowest BCUT2D eigenvalue weighted by Gasteiger charge is -2.16. The number of ether oxygens (including phenoxy) is 3. The molecule has 1 aliphatic heterocycles. The van der Waals surface area contributed by atoms with E-state index in [1.807, 2.05) is 49.4 Å². The van der Waals surface area contributed by atoms with Gasteiger partial charge in [0.2, 0.25) is 0 Å². The normalized spacial score (nSPS) is 14.1. The first-order chi connectivity index (χ1) is 17.9. The predicted octanol–water partition coefficient (Wildman–Crippen LogP) is 5.82. The van der Waals surface area contributed by atoms with E-state index in [4.69, 9.17) is 26.4 Å². The number of carbonyl (C=O) groups excluding carboxylic acids is 2. The van der Waals surface area contributed by atoms with Crippen molar-refractivity contribution in [2.24, 2.45) is 0 Å². The van der Waals surface area contributed by atoms with E-state index in [1.54, 1.807) is 37.5 Å². The zero-order chi connectivity index (χ0) is 26.4. The van der Waals surface area contributed by atoms with Crippen molar-refractivity contribution in [2.45, 2.75) is 13.5 Å². The van der Waals surface area contributed by atoms with Crippen LogP contribution in [0.2, 0.25) is 0 Å². The largest absolute Gasteiger partial charge is 0.497 e. The number of thiocarbonyl (C=S) groups is 1. The minimum absolute atomic E-state index is 0.237. The number of carbonyl (C=O) groups is 2. The van der Waals surface area contributed by atoms with Gasteiger partial charge < -0.3 is 14.2 Å². The highest BCUT2D eigenvalue weighted by Gasteiger charge is 2.34. The summed E-state index contributed by atoms with van der Waals surface area (Å²) in [6, 6.07) is 20.2. The number of thioether (sulfide) groups is 1. The van der Waals surface area contributed by atoms with Crippen LogP contribution in [-0.4, -0.2) is 34.9 Å². The van der Waals surface area contributed by atoms with Crippen LogP contribution in [0.5, 0.6) is 17.2 Å². The molecule has 10 heteroatoms. The van der Waals surface area contributed by atoms with Crippen LogP contribution in [0.3, 0.4) is 0 Å². The fraction of sp³-hybridized carbons (Fsp3) is 0.148. The third-order valence-electron chi connectivity index (χ3n) is 5.21. The first-order valence-electron chi connectivity index (χ1n) is 11.3. The van der Waals surface area contributed by atoms with Crippen LogP contribution in [0, 0.1) is 3.57 Å². The van der Waals surface area contributed by atoms with Crippen molar-refractivity contribution in [3.05, 3.63) is 91.9 Å². The van der Waals surface area contributed by atoms with E-state index in [-0.39, 0.29) is 4.32 Å². The summed E-state index contributed by atoms with van der Waals surface area (Å²) in [5.74, 6) is 0.993. The van der Waals surface area contributed by atoms with Crippen LogP contribution < -0.4 is 19.6 Å². The van der Waals surface area contributed by atoms with Crippen molar-refractivity contribution >= 4 is 68.8 Å². The van der Waals surface area contributed by atoms with Crippen LogP contribution in [-0.2, 0) is 11.4 Å². The summed E-state index contributed by atoms with van der Waals surface area (Å²) in [5.41, 5.74) is 4.76. The molecule has 0 unspecified atom stereocenters. The highest BCUT2D eigenvalue weighted by molar-refractivity contribution is 14.1. The minimum Gasteiger partial charge on any atom is -0.497 e. The Morgan fingerprint density at radius 3 is 2.51 bits per heavy atom. The highest BCUT2D eigenvalue weighted by Crippen LogP contribution is 2.37. The number of halogens is 1. The maximum Gasteiger partial charge on any atom is 0.285 e. The molecule has 0 aliphatic carbocycles. The monoisotopic (exact) mass is 646 g/mol. The molecule has 1 fully saturated rings. The maximum atomic E-state index is 13.1. The molecule has 0 bridgehead atoms. The van der Waals surface area contributed by atoms with E-state index < -0.39 is 11.8 Å². The third-order valence-corrected chi connectivity index (χ3v) is 7.32. The van der Waals surface area contributed by atoms with Crippen molar-refractivity contribution in [3.8, 4) is 17.2 Å². The summed E-state index contributed by atoms with van der Waals surface area (Å²) < 4.78 is 18.1. The number of hydrazine groups is 1. The molecule has 0 spiro atoms. The molecular weight excluding hydrogens is 623 g/mol. The number of rotatable bonds is 9. The summed E-state index contributed by atoms with van der Waals surface area (Å²) in [4.78, 5) is 26.1. The van der Waals surface area contributed by atoms with Gasteiger partial charge in [-0.1, -0.05) is 42.1 Å². The SMILES string of the molecule is CCOc1cc(/C=C2/SC(=S)N(NC(=O)c3ccc(OC)cc3)C2=O)cc(I)c1OCc1ccccc1. The number of amides is 2. The van der Waals surface area contributed by atoms with E-state index in [1.165, 1.54) is 0 Å². The average molecular weight is 647 g/mol. The first-order valence-corrected chi connectivity index (χ1v) is 13.6.